The minimum absolute atomic E-state index is 0.0708. The highest BCUT2D eigenvalue weighted by Crippen LogP contribution is 2.26. The molecule has 0 spiro atoms. The van der Waals surface area contributed by atoms with Gasteiger partial charge in [0.05, 0.1) is 19.3 Å². The van der Waals surface area contributed by atoms with E-state index in [0.717, 1.165) is 24.0 Å². The van der Waals surface area contributed by atoms with Crippen molar-refractivity contribution in [1.82, 2.24) is 10.2 Å². The Morgan fingerprint density at radius 2 is 2.12 bits per heavy atom. The molecule has 1 aliphatic heterocycles. The lowest BCUT2D eigenvalue weighted by molar-refractivity contribution is 0.0169. The number of nitrogens with one attached hydrogen (secondary N) is 1. The largest absolute Gasteiger partial charge is 0.507 e. The Labute approximate surface area is 147 Å². The minimum atomic E-state index is -1.09. The van der Waals surface area contributed by atoms with Crippen molar-refractivity contribution in [1.29, 1.82) is 0 Å². The summed E-state index contributed by atoms with van der Waals surface area (Å²) >= 11 is 1.57. The number of morpholine rings is 1. The maximum atomic E-state index is 13.8. The number of hydrogen-bond donors (Lipinski definition) is 2. The van der Waals surface area contributed by atoms with Gasteiger partial charge in [-0.15, -0.1) is 11.3 Å². The Balaban J connectivity index is 1.74. The van der Waals surface area contributed by atoms with Crippen molar-refractivity contribution in [2.24, 2.45) is 0 Å². The molecule has 0 radical (unpaired) electrons. The molecule has 0 unspecified atom stereocenters. The molecule has 2 N–H and O–H groups in total. The van der Waals surface area contributed by atoms with Crippen LogP contribution >= 0.6 is 11.3 Å². The number of aromatic hydroxyl groups is 1. The van der Waals surface area contributed by atoms with E-state index in [0.29, 0.717) is 19.3 Å². The molecule has 1 aromatic heterocycles. The summed E-state index contributed by atoms with van der Waals surface area (Å²) in [6.45, 7) is 2.94. The van der Waals surface area contributed by atoms with Crippen LogP contribution in [0.15, 0.2) is 29.6 Å². The van der Waals surface area contributed by atoms with E-state index in [1.807, 2.05) is 17.5 Å². The zero-order valence-electron chi connectivity index (χ0n) is 13.4. The topological polar surface area (TPSA) is 61.8 Å². The zero-order chi connectivity index (χ0) is 17.8. The average molecular weight is 368 g/mol. The van der Waals surface area contributed by atoms with Gasteiger partial charge in [0.1, 0.15) is 22.9 Å². The molecule has 1 saturated heterocycles. The zero-order valence-corrected chi connectivity index (χ0v) is 14.2. The van der Waals surface area contributed by atoms with Crippen molar-refractivity contribution in [2.45, 2.75) is 6.04 Å². The van der Waals surface area contributed by atoms with Gasteiger partial charge in [0, 0.05) is 36.6 Å². The van der Waals surface area contributed by atoms with Gasteiger partial charge in [-0.2, -0.15) is 0 Å². The molecule has 1 fully saturated rings. The number of halogens is 2. The summed E-state index contributed by atoms with van der Waals surface area (Å²) < 4.78 is 32.3. The van der Waals surface area contributed by atoms with Gasteiger partial charge >= 0.3 is 0 Å². The third-order valence-corrected chi connectivity index (χ3v) is 5.05. The van der Waals surface area contributed by atoms with Crippen LogP contribution in [0.25, 0.3) is 0 Å². The van der Waals surface area contributed by atoms with E-state index < -0.39 is 28.9 Å². The molecular formula is C17H18F2N2O3S. The van der Waals surface area contributed by atoms with Gasteiger partial charge in [-0.25, -0.2) is 8.78 Å². The van der Waals surface area contributed by atoms with Crippen LogP contribution in [0.4, 0.5) is 8.78 Å². The number of rotatable bonds is 5. The van der Waals surface area contributed by atoms with E-state index >= 15 is 0 Å². The fourth-order valence-corrected chi connectivity index (χ4v) is 3.70. The molecule has 0 saturated carbocycles. The van der Waals surface area contributed by atoms with Crippen LogP contribution in [0.1, 0.15) is 21.3 Å². The second-order valence-electron chi connectivity index (χ2n) is 5.67. The summed E-state index contributed by atoms with van der Waals surface area (Å²) in [4.78, 5) is 15.5. The number of amides is 1. The first-order chi connectivity index (χ1) is 12.1. The van der Waals surface area contributed by atoms with E-state index in [4.69, 9.17) is 4.74 Å². The maximum absolute atomic E-state index is 13.8. The second kappa shape index (κ2) is 7.90. The quantitative estimate of drug-likeness (QED) is 0.852. The van der Waals surface area contributed by atoms with Gasteiger partial charge < -0.3 is 15.2 Å². The first-order valence-corrected chi connectivity index (χ1v) is 8.75. The molecule has 3 rings (SSSR count). The van der Waals surface area contributed by atoms with E-state index in [1.54, 1.807) is 11.3 Å². The monoisotopic (exact) mass is 368 g/mol. The van der Waals surface area contributed by atoms with Gasteiger partial charge in [0.15, 0.2) is 0 Å². The number of phenols is 1. The predicted octanol–water partition coefficient (Wildman–Crippen LogP) is 2.54. The highest BCUT2D eigenvalue weighted by atomic mass is 32.1. The molecule has 134 valence electrons. The van der Waals surface area contributed by atoms with Gasteiger partial charge in [0.25, 0.3) is 5.91 Å². The fourth-order valence-electron chi connectivity index (χ4n) is 2.84. The van der Waals surface area contributed by atoms with Crippen molar-refractivity contribution >= 4 is 17.2 Å². The van der Waals surface area contributed by atoms with Crippen LogP contribution in [0, 0.1) is 11.6 Å². The van der Waals surface area contributed by atoms with Crippen LogP contribution in [-0.2, 0) is 4.74 Å². The second-order valence-corrected chi connectivity index (χ2v) is 6.65. The van der Waals surface area contributed by atoms with Crippen molar-refractivity contribution in [3.63, 3.8) is 0 Å². The molecule has 1 amide bonds. The number of phenolic OH excluding ortho intramolecular Hbond substituents is 1. The van der Waals surface area contributed by atoms with E-state index in [1.165, 1.54) is 0 Å². The SMILES string of the molecule is O=C(NC[C@@H](c1cccs1)N1CCOCC1)c1c(O)cc(F)cc1F. The third-order valence-electron chi connectivity index (χ3n) is 4.08. The number of ether oxygens (including phenoxy) is 1. The first-order valence-electron chi connectivity index (χ1n) is 7.87. The summed E-state index contributed by atoms with van der Waals surface area (Å²) in [6.07, 6.45) is 0. The summed E-state index contributed by atoms with van der Waals surface area (Å²) in [7, 11) is 0. The first kappa shape index (κ1) is 17.8. The lowest BCUT2D eigenvalue weighted by Crippen LogP contribution is -2.43. The van der Waals surface area contributed by atoms with Crippen LogP contribution in [0.3, 0.4) is 0 Å². The highest BCUT2D eigenvalue weighted by molar-refractivity contribution is 7.10. The molecule has 1 atom stereocenters. The van der Waals surface area contributed by atoms with E-state index in [-0.39, 0.29) is 12.6 Å². The molecule has 1 aliphatic rings. The Kier molecular flexibility index (Phi) is 5.62. The maximum Gasteiger partial charge on any atom is 0.258 e. The summed E-state index contributed by atoms with van der Waals surface area (Å²) in [5.41, 5.74) is -0.548. The molecule has 25 heavy (non-hydrogen) atoms. The van der Waals surface area contributed by atoms with Crippen LogP contribution in [0.5, 0.6) is 5.75 Å². The number of nitrogens with zero attached hydrogens (tertiary/aromatic N) is 1. The summed E-state index contributed by atoms with van der Waals surface area (Å²) in [5.74, 6) is -3.51. The van der Waals surface area contributed by atoms with Crippen LogP contribution in [-0.4, -0.2) is 48.8 Å². The molecule has 0 aliphatic carbocycles. The minimum Gasteiger partial charge on any atom is -0.507 e. The van der Waals surface area contributed by atoms with Gasteiger partial charge in [-0.1, -0.05) is 6.07 Å². The van der Waals surface area contributed by atoms with Gasteiger partial charge in [0.2, 0.25) is 0 Å². The molecule has 0 bridgehead atoms. The van der Waals surface area contributed by atoms with Gasteiger partial charge in [-0.3, -0.25) is 9.69 Å². The highest BCUT2D eigenvalue weighted by Gasteiger charge is 2.25. The molecule has 2 heterocycles. The number of carbonyl (C=O) groups is 1. The van der Waals surface area contributed by atoms with Crippen molar-refractivity contribution < 1.29 is 23.4 Å². The van der Waals surface area contributed by atoms with Crippen molar-refractivity contribution in [3.05, 3.63) is 51.7 Å². The molecule has 5 nitrogen and oxygen atoms in total. The number of hydrogen-bond acceptors (Lipinski definition) is 5. The molecule has 2 aromatic rings. The lowest BCUT2D eigenvalue weighted by Gasteiger charge is -2.34. The van der Waals surface area contributed by atoms with Gasteiger partial charge in [-0.05, 0) is 11.4 Å². The Bertz CT molecular complexity index is 710. The average Bonchev–Trinajstić information content (AvgIpc) is 3.09. The van der Waals surface area contributed by atoms with Crippen LogP contribution in [0.2, 0.25) is 0 Å². The Morgan fingerprint density at radius 1 is 1.36 bits per heavy atom. The van der Waals surface area contributed by atoms with E-state index in [2.05, 4.69) is 10.2 Å². The number of carbonyl (C=O) groups excluding carboxylic acids is 1. The predicted molar refractivity (Wildman–Crippen MR) is 89.8 cm³/mol. The fraction of sp³-hybridized carbons (Fsp3) is 0.353. The van der Waals surface area contributed by atoms with E-state index in [9.17, 15) is 18.7 Å². The van der Waals surface area contributed by atoms with Crippen molar-refractivity contribution in [2.75, 3.05) is 32.8 Å². The smallest absolute Gasteiger partial charge is 0.258 e. The Hall–Kier alpha value is -2.03. The normalized spacial score (nSPS) is 16.6. The lowest BCUT2D eigenvalue weighted by atomic mass is 10.1. The third kappa shape index (κ3) is 4.15. The number of thiophene rings is 1. The molecule has 8 heteroatoms. The summed E-state index contributed by atoms with van der Waals surface area (Å²) in [5, 5.41) is 14.3. The van der Waals surface area contributed by atoms with Crippen molar-refractivity contribution in [3.8, 4) is 5.75 Å². The van der Waals surface area contributed by atoms with Crippen LogP contribution < -0.4 is 5.32 Å². The summed E-state index contributed by atoms with van der Waals surface area (Å²) in [6, 6.07) is 5.14. The Morgan fingerprint density at radius 3 is 2.76 bits per heavy atom. The molecule has 1 aromatic carbocycles. The molecular weight excluding hydrogens is 350 g/mol. The number of benzene rings is 1. The standard InChI is InChI=1S/C17H18F2N2O3S/c18-11-8-12(19)16(14(22)9-11)17(23)20-10-13(15-2-1-7-25-15)21-3-5-24-6-4-21/h1-2,7-9,13,22H,3-6,10H2,(H,20,23)/t13-/m0/s1.